The molecule has 0 spiro atoms. The lowest BCUT2D eigenvalue weighted by Crippen LogP contribution is -2.28. The molecule has 35 heavy (non-hydrogen) atoms. The van der Waals surface area contributed by atoms with Gasteiger partial charge in [-0.25, -0.2) is 4.98 Å². The van der Waals surface area contributed by atoms with E-state index in [2.05, 4.69) is 41.1 Å². The second kappa shape index (κ2) is 11.4. The fourth-order valence-corrected chi connectivity index (χ4v) is 5.03. The van der Waals surface area contributed by atoms with E-state index >= 15 is 0 Å². The number of amides is 1. The molecule has 0 fully saturated rings. The fourth-order valence-electron chi connectivity index (χ4n) is 4.21. The van der Waals surface area contributed by atoms with Crippen LogP contribution in [-0.2, 0) is 13.0 Å². The van der Waals surface area contributed by atoms with Gasteiger partial charge in [-0.05, 0) is 55.7 Å². The number of hydrogen-bond acceptors (Lipinski definition) is 4. The SMILES string of the molecule is CCCCN(C)C(=O)c1cc(-c2csc(-c3ccc(OC)cc3)n2)n(CCc2ccccc2)c1C. The number of aryl methyl sites for hydroxylation is 1. The zero-order valence-corrected chi connectivity index (χ0v) is 21.8. The summed E-state index contributed by atoms with van der Waals surface area (Å²) >= 11 is 1.61. The molecule has 0 aliphatic heterocycles. The molecule has 4 aromatic rings. The van der Waals surface area contributed by atoms with Crippen molar-refractivity contribution in [1.82, 2.24) is 14.5 Å². The topological polar surface area (TPSA) is 47.4 Å². The highest BCUT2D eigenvalue weighted by Gasteiger charge is 2.22. The van der Waals surface area contributed by atoms with Crippen LogP contribution in [0.5, 0.6) is 5.75 Å². The molecule has 1 amide bonds. The molecule has 5 nitrogen and oxygen atoms in total. The van der Waals surface area contributed by atoms with Gasteiger partial charge < -0.3 is 14.2 Å². The first kappa shape index (κ1) is 24.7. The quantitative estimate of drug-likeness (QED) is 0.250. The average Bonchev–Trinajstić information content (AvgIpc) is 3.51. The van der Waals surface area contributed by atoms with E-state index in [1.54, 1.807) is 18.4 Å². The maximum absolute atomic E-state index is 13.3. The van der Waals surface area contributed by atoms with Crippen molar-refractivity contribution in [1.29, 1.82) is 0 Å². The second-order valence-corrected chi connectivity index (χ2v) is 9.62. The summed E-state index contributed by atoms with van der Waals surface area (Å²) in [5.41, 5.74) is 5.95. The van der Waals surface area contributed by atoms with Crippen LogP contribution in [-0.4, -0.2) is 41.1 Å². The summed E-state index contributed by atoms with van der Waals surface area (Å²) in [6.07, 6.45) is 2.95. The Morgan fingerprint density at radius 1 is 1.11 bits per heavy atom. The van der Waals surface area contributed by atoms with E-state index in [-0.39, 0.29) is 5.91 Å². The van der Waals surface area contributed by atoms with Gasteiger partial charge in [0.2, 0.25) is 0 Å². The van der Waals surface area contributed by atoms with Gasteiger partial charge in [0, 0.05) is 36.8 Å². The Kier molecular flexibility index (Phi) is 8.03. The molecule has 0 atom stereocenters. The smallest absolute Gasteiger partial charge is 0.255 e. The van der Waals surface area contributed by atoms with Gasteiger partial charge in [0.25, 0.3) is 5.91 Å². The van der Waals surface area contributed by atoms with Crippen molar-refractivity contribution in [3.63, 3.8) is 0 Å². The van der Waals surface area contributed by atoms with Crippen LogP contribution in [0.4, 0.5) is 0 Å². The number of nitrogens with zero attached hydrogens (tertiary/aromatic N) is 3. The van der Waals surface area contributed by atoms with Gasteiger partial charge in [-0.1, -0.05) is 43.7 Å². The summed E-state index contributed by atoms with van der Waals surface area (Å²) in [7, 11) is 3.56. The maximum atomic E-state index is 13.3. The van der Waals surface area contributed by atoms with Crippen LogP contribution in [0.2, 0.25) is 0 Å². The number of ether oxygens (including phenoxy) is 1. The number of carbonyl (C=O) groups excluding carboxylic acids is 1. The predicted molar refractivity (Wildman–Crippen MR) is 144 cm³/mol. The highest BCUT2D eigenvalue weighted by Crippen LogP contribution is 2.32. The Morgan fingerprint density at radius 3 is 2.54 bits per heavy atom. The minimum Gasteiger partial charge on any atom is -0.497 e. The van der Waals surface area contributed by atoms with Crippen LogP contribution >= 0.6 is 11.3 Å². The molecule has 0 radical (unpaired) electrons. The summed E-state index contributed by atoms with van der Waals surface area (Å²) < 4.78 is 7.54. The van der Waals surface area contributed by atoms with E-state index < -0.39 is 0 Å². The first-order valence-corrected chi connectivity index (χ1v) is 13.0. The largest absolute Gasteiger partial charge is 0.497 e. The molecule has 0 saturated carbocycles. The molecule has 0 bridgehead atoms. The highest BCUT2D eigenvalue weighted by atomic mass is 32.1. The minimum atomic E-state index is 0.0706. The second-order valence-electron chi connectivity index (χ2n) is 8.76. The van der Waals surface area contributed by atoms with Crippen LogP contribution < -0.4 is 4.74 Å². The first-order chi connectivity index (χ1) is 17.0. The molecule has 0 aliphatic carbocycles. The Labute approximate surface area is 212 Å². The molecule has 0 saturated heterocycles. The number of benzene rings is 2. The van der Waals surface area contributed by atoms with E-state index in [9.17, 15) is 4.79 Å². The average molecular weight is 488 g/mol. The zero-order valence-electron chi connectivity index (χ0n) is 21.0. The van der Waals surface area contributed by atoms with Crippen molar-refractivity contribution in [2.24, 2.45) is 0 Å². The van der Waals surface area contributed by atoms with E-state index in [4.69, 9.17) is 9.72 Å². The summed E-state index contributed by atoms with van der Waals surface area (Å²) in [6.45, 7) is 5.74. The maximum Gasteiger partial charge on any atom is 0.255 e. The van der Waals surface area contributed by atoms with Gasteiger partial charge in [0.15, 0.2) is 0 Å². The summed E-state index contributed by atoms with van der Waals surface area (Å²) in [4.78, 5) is 20.1. The van der Waals surface area contributed by atoms with Gasteiger partial charge in [0.05, 0.1) is 24.1 Å². The Hall–Kier alpha value is -3.38. The van der Waals surface area contributed by atoms with E-state index in [0.29, 0.717) is 0 Å². The fraction of sp³-hybridized carbons (Fsp3) is 0.310. The molecule has 0 unspecified atom stereocenters. The molecule has 2 aromatic carbocycles. The summed E-state index contributed by atoms with van der Waals surface area (Å²) in [5.74, 6) is 0.896. The molecule has 2 aromatic heterocycles. The van der Waals surface area contributed by atoms with Crippen LogP contribution in [0.25, 0.3) is 22.0 Å². The van der Waals surface area contributed by atoms with Gasteiger partial charge in [0.1, 0.15) is 10.8 Å². The third-order valence-corrected chi connectivity index (χ3v) is 7.25. The lowest BCUT2D eigenvalue weighted by molar-refractivity contribution is 0.0792. The van der Waals surface area contributed by atoms with Crippen LogP contribution in [0, 0.1) is 6.92 Å². The number of aromatic nitrogens is 2. The number of rotatable bonds is 10. The Balaban J connectivity index is 1.68. The molecule has 0 aliphatic rings. The van der Waals surface area contributed by atoms with Gasteiger partial charge >= 0.3 is 0 Å². The van der Waals surface area contributed by atoms with Crippen LogP contribution in [0.15, 0.2) is 66.0 Å². The number of methoxy groups -OCH3 is 1. The summed E-state index contributed by atoms with van der Waals surface area (Å²) in [5, 5.41) is 3.03. The van der Waals surface area contributed by atoms with Crippen molar-refractivity contribution in [2.75, 3.05) is 20.7 Å². The molecular formula is C29H33N3O2S. The predicted octanol–water partition coefficient (Wildman–Crippen LogP) is 6.71. The van der Waals surface area contributed by atoms with Crippen LogP contribution in [0.1, 0.15) is 41.4 Å². The molecule has 182 valence electrons. The van der Waals surface area contributed by atoms with Crippen molar-refractivity contribution >= 4 is 17.2 Å². The molecular weight excluding hydrogens is 454 g/mol. The summed E-state index contributed by atoms with van der Waals surface area (Å²) in [6, 6.07) is 20.4. The standard InChI is InChI=1S/C29H33N3O2S/c1-5-6-17-31(3)29(33)25-19-27(32(21(25)2)18-16-22-10-8-7-9-11-22)26-20-35-28(30-26)23-12-14-24(34-4)15-13-23/h7-15,19-20H,5-6,16-18H2,1-4H3. The number of hydrogen-bond donors (Lipinski definition) is 0. The van der Waals surface area contributed by atoms with Crippen LogP contribution in [0.3, 0.4) is 0 Å². The third kappa shape index (κ3) is 5.65. The normalized spacial score (nSPS) is 11.0. The van der Waals surface area contributed by atoms with Gasteiger partial charge in [-0.15, -0.1) is 11.3 Å². The van der Waals surface area contributed by atoms with E-state index in [0.717, 1.165) is 71.3 Å². The Morgan fingerprint density at radius 2 is 1.86 bits per heavy atom. The molecule has 6 heteroatoms. The van der Waals surface area contributed by atoms with Crippen molar-refractivity contribution < 1.29 is 9.53 Å². The zero-order chi connectivity index (χ0) is 24.8. The van der Waals surface area contributed by atoms with Crippen molar-refractivity contribution in [3.05, 3.63) is 82.9 Å². The number of carbonyl (C=O) groups is 1. The monoisotopic (exact) mass is 487 g/mol. The number of thiazole rings is 1. The van der Waals surface area contributed by atoms with Crippen molar-refractivity contribution in [3.8, 4) is 27.7 Å². The van der Waals surface area contributed by atoms with Gasteiger partial charge in [-0.3, -0.25) is 4.79 Å². The third-order valence-electron chi connectivity index (χ3n) is 6.36. The first-order valence-electron chi connectivity index (χ1n) is 12.1. The lowest BCUT2D eigenvalue weighted by atomic mass is 10.1. The van der Waals surface area contributed by atoms with E-state index in [1.165, 1.54) is 5.56 Å². The van der Waals surface area contributed by atoms with Crippen molar-refractivity contribution in [2.45, 2.75) is 39.7 Å². The highest BCUT2D eigenvalue weighted by molar-refractivity contribution is 7.13. The molecule has 2 heterocycles. The lowest BCUT2D eigenvalue weighted by Gasteiger charge is -2.17. The van der Waals surface area contributed by atoms with E-state index in [1.807, 2.05) is 55.3 Å². The Bertz CT molecular complexity index is 1260. The van der Waals surface area contributed by atoms with Gasteiger partial charge in [-0.2, -0.15) is 0 Å². The molecule has 0 N–H and O–H groups in total. The minimum absolute atomic E-state index is 0.0706. The number of unbranched alkanes of at least 4 members (excludes halogenated alkanes) is 1. The molecule has 4 rings (SSSR count).